The quantitative estimate of drug-likeness (QED) is 0.610. The van der Waals surface area contributed by atoms with E-state index in [4.69, 9.17) is 24.9 Å². The molecule has 0 aromatic heterocycles. The maximum absolute atomic E-state index is 6.17. The number of methoxy groups -OCH3 is 2. The van der Waals surface area contributed by atoms with E-state index < -0.39 is 0 Å². The second-order valence-corrected chi connectivity index (χ2v) is 6.84. The fourth-order valence-electron chi connectivity index (χ4n) is 4.29. The van der Waals surface area contributed by atoms with Crippen molar-refractivity contribution >= 4 is 11.6 Å². The monoisotopic (exact) mass is 347 g/mol. The van der Waals surface area contributed by atoms with Crippen LogP contribution in [0.1, 0.15) is 39.0 Å². The highest BCUT2D eigenvalue weighted by atomic mass is 16.5. The van der Waals surface area contributed by atoms with Gasteiger partial charge in [0.2, 0.25) is 0 Å². The van der Waals surface area contributed by atoms with Gasteiger partial charge in [0.25, 0.3) is 0 Å². The van der Waals surface area contributed by atoms with Crippen molar-refractivity contribution in [2.24, 2.45) is 16.1 Å². The van der Waals surface area contributed by atoms with Gasteiger partial charge in [-0.05, 0) is 38.3 Å². The van der Waals surface area contributed by atoms with Gasteiger partial charge >= 0.3 is 0 Å². The van der Waals surface area contributed by atoms with E-state index in [2.05, 4.69) is 12.2 Å². The average molecular weight is 347 g/mol. The number of nitrogens with zero attached hydrogens (tertiary/aromatic N) is 1. The third-order valence-corrected chi connectivity index (χ3v) is 5.60. The SMILES string of the molecule is CCOC1CC(N=C(N)Nc2ccc(OC)c(OC)c2)C12CCCC2. The summed E-state index contributed by atoms with van der Waals surface area (Å²) in [6.45, 7) is 2.83. The second-order valence-electron chi connectivity index (χ2n) is 6.84. The van der Waals surface area contributed by atoms with Gasteiger partial charge < -0.3 is 25.3 Å². The molecule has 2 unspecified atom stereocenters. The standard InChI is InChI=1S/C19H29N3O3/c1-4-25-17-12-16(19(17)9-5-6-10-19)22-18(20)21-13-7-8-14(23-2)15(11-13)24-3/h7-8,11,16-17H,4-6,9-10,12H2,1-3H3,(H3,20,21,22). The van der Waals surface area contributed by atoms with E-state index in [1.165, 1.54) is 25.7 Å². The molecule has 2 aliphatic carbocycles. The van der Waals surface area contributed by atoms with Crippen LogP contribution < -0.4 is 20.5 Å². The zero-order chi connectivity index (χ0) is 17.9. The van der Waals surface area contributed by atoms with Crippen molar-refractivity contribution in [1.29, 1.82) is 0 Å². The lowest BCUT2D eigenvalue weighted by atomic mass is 9.61. The molecule has 1 aromatic carbocycles. The van der Waals surface area contributed by atoms with Crippen LogP contribution >= 0.6 is 0 Å². The highest BCUT2D eigenvalue weighted by molar-refractivity contribution is 5.92. The highest BCUT2D eigenvalue weighted by Crippen LogP contribution is 2.56. The van der Waals surface area contributed by atoms with E-state index in [1.54, 1.807) is 14.2 Å². The summed E-state index contributed by atoms with van der Waals surface area (Å²) in [7, 11) is 3.23. The maximum Gasteiger partial charge on any atom is 0.193 e. The summed E-state index contributed by atoms with van der Waals surface area (Å²) < 4.78 is 16.5. The number of anilines is 1. The molecule has 2 atom stereocenters. The fraction of sp³-hybridized carbons (Fsp3) is 0.632. The molecule has 3 rings (SSSR count). The summed E-state index contributed by atoms with van der Waals surface area (Å²) in [5.74, 6) is 1.79. The van der Waals surface area contributed by atoms with Crippen LogP contribution in [0.15, 0.2) is 23.2 Å². The molecule has 0 amide bonds. The maximum atomic E-state index is 6.17. The van der Waals surface area contributed by atoms with Crippen LogP contribution in [0.4, 0.5) is 5.69 Å². The summed E-state index contributed by atoms with van der Waals surface area (Å²) in [6.07, 6.45) is 6.20. The molecule has 0 saturated heterocycles. The van der Waals surface area contributed by atoms with Crippen molar-refractivity contribution < 1.29 is 14.2 Å². The van der Waals surface area contributed by atoms with E-state index in [0.29, 0.717) is 23.6 Å². The number of benzene rings is 1. The first-order valence-electron chi connectivity index (χ1n) is 9.07. The normalized spacial score (nSPS) is 24.8. The molecule has 0 heterocycles. The van der Waals surface area contributed by atoms with Gasteiger partial charge in [-0.25, -0.2) is 4.99 Å². The zero-order valence-electron chi connectivity index (χ0n) is 15.4. The fourth-order valence-corrected chi connectivity index (χ4v) is 4.29. The molecule has 3 N–H and O–H groups in total. The zero-order valence-corrected chi connectivity index (χ0v) is 15.4. The third kappa shape index (κ3) is 3.40. The number of aliphatic imine (C=N–C) groups is 1. The van der Waals surface area contributed by atoms with Crippen LogP contribution in [-0.4, -0.2) is 38.9 Å². The van der Waals surface area contributed by atoms with Crippen LogP contribution in [0, 0.1) is 5.41 Å². The molecular formula is C19H29N3O3. The molecule has 1 spiro atoms. The first-order valence-corrected chi connectivity index (χ1v) is 9.07. The summed E-state index contributed by atoms with van der Waals surface area (Å²) in [6, 6.07) is 5.86. The molecule has 2 saturated carbocycles. The molecule has 2 fully saturated rings. The first kappa shape index (κ1) is 17.9. The van der Waals surface area contributed by atoms with E-state index in [1.807, 2.05) is 18.2 Å². The van der Waals surface area contributed by atoms with Crippen molar-refractivity contribution in [3.63, 3.8) is 0 Å². The Morgan fingerprint density at radius 1 is 1.24 bits per heavy atom. The number of nitrogens with one attached hydrogen (secondary N) is 1. The van der Waals surface area contributed by atoms with E-state index in [-0.39, 0.29) is 11.5 Å². The Bertz CT molecular complexity index is 626. The lowest BCUT2D eigenvalue weighted by Gasteiger charge is -2.52. The lowest BCUT2D eigenvalue weighted by molar-refractivity contribution is -0.119. The number of hydrogen-bond donors (Lipinski definition) is 2. The summed E-state index contributed by atoms with van der Waals surface area (Å²) in [4.78, 5) is 4.77. The van der Waals surface area contributed by atoms with E-state index >= 15 is 0 Å². The number of hydrogen-bond acceptors (Lipinski definition) is 4. The van der Waals surface area contributed by atoms with Gasteiger partial charge in [-0.1, -0.05) is 12.8 Å². The van der Waals surface area contributed by atoms with Crippen LogP contribution in [0.2, 0.25) is 0 Å². The molecule has 25 heavy (non-hydrogen) atoms. The minimum absolute atomic E-state index is 0.194. The Hall–Kier alpha value is -1.95. The van der Waals surface area contributed by atoms with Crippen molar-refractivity contribution in [3.8, 4) is 11.5 Å². The van der Waals surface area contributed by atoms with Crippen molar-refractivity contribution in [3.05, 3.63) is 18.2 Å². The average Bonchev–Trinajstić information content (AvgIpc) is 3.13. The molecule has 0 radical (unpaired) electrons. The predicted molar refractivity (Wildman–Crippen MR) is 99.5 cm³/mol. The third-order valence-electron chi connectivity index (χ3n) is 5.60. The number of ether oxygens (including phenoxy) is 3. The Kier molecular flexibility index (Phi) is 5.37. The molecule has 6 nitrogen and oxygen atoms in total. The number of rotatable bonds is 6. The van der Waals surface area contributed by atoms with Gasteiger partial charge in [0.05, 0.1) is 26.4 Å². The molecule has 0 bridgehead atoms. The van der Waals surface area contributed by atoms with Crippen LogP contribution in [0.25, 0.3) is 0 Å². The summed E-state index contributed by atoms with van der Waals surface area (Å²) in [5.41, 5.74) is 7.20. The van der Waals surface area contributed by atoms with E-state index in [0.717, 1.165) is 18.7 Å². The summed E-state index contributed by atoms with van der Waals surface area (Å²) >= 11 is 0. The van der Waals surface area contributed by atoms with Crippen LogP contribution in [0.3, 0.4) is 0 Å². The Labute approximate surface area is 149 Å². The van der Waals surface area contributed by atoms with Gasteiger partial charge in [0.1, 0.15) is 0 Å². The number of guanidine groups is 1. The molecule has 1 aromatic rings. The van der Waals surface area contributed by atoms with Crippen molar-refractivity contribution in [2.75, 3.05) is 26.1 Å². The molecular weight excluding hydrogens is 318 g/mol. The largest absolute Gasteiger partial charge is 0.493 e. The van der Waals surface area contributed by atoms with E-state index in [9.17, 15) is 0 Å². The van der Waals surface area contributed by atoms with Crippen molar-refractivity contribution in [2.45, 2.75) is 51.2 Å². The first-order chi connectivity index (χ1) is 12.1. The van der Waals surface area contributed by atoms with Crippen molar-refractivity contribution in [1.82, 2.24) is 0 Å². The van der Waals surface area contributed by atoms with Gasteiger partial charge in [-0.2, -0.15) is 0 Å². The van der Waals surface area contributed by atoms with Crippen LogP contribution in [0.5, 0.6) is 11.5 Å². The molecule has 6 heteroatoms. The molecule has 138 valence electrons. The second kappa shape index (κ2) is 7.52. The summed E-state index contributed by atoms with van der Waals surface area (Å²) in [5, 5.41) is 3.17. The minimum Gasteiger partial charge on any atom is -0.493 e. The van der Waals surface area contributed by atoms with Crippen LogP contribution in [-0.2, 0) is 4.74 Å². The number of nitrogens with two attached hydrogens (primary N) is 1. The van der Waals surface area contributed by atoms with Gasteiger partial charge in [-0.3, -0.25) is 0 Å². The van der Waals surface area contributed by atoms with Gasteiger partial charge in [-0.15, -0.1) is 0 Å². The highest BCUT2D eigenvalue weighted by Gasteiger charge is 2.56. The topological polar surface area (TPSA) is 78.1 Å². The molecule has 2 aliphatic rings. The predicted octanol–water partition coefficient (Wildman–Crippen LogP) is 3.17. The van der Waals surface area contributed by atoms with Gasteiger partial charge in [0.15, 0.2) is 17.5 Å². The van der Waals surface area contributed by atoms with Gasteiger partial charge in [0, 0.05) is 23.8 Å². The Morgan fingerprint density at radius 2 is 1.96 bits per heavy atom. The lowest BCUT2D eigenvalue weighted by Crippen LogP contribution is -2.56. The Morgan fingerprint density at radius 3 is 2.60 bits per heavy atom. The molecule has 0 aliphatic heterocycles. The Balaban J connectivity index is 1.70. The minimum atomic E-state index is 0.194. The smallest absolute Gasteiger partial charge is 0.193 e.